The minimum absolute atomic E-state index is 0.0397. The summed E-state index contributed by atoms with van der Waals surface area (Å²) in [5, 5.41) is 2.60. The number of amides is 3. The molecule has 0 saturated carbocycles. The van der Waals surface area contributed by atoms with E-state index in [2.05, 4.69) is 32.1 Å². The minimum atomic E-state index is -3.69. The Hall–Kier alpha value is -2.76. The van der Waals surface area contributed by atoms with Crippen LogP contribution in [0.25, 0.3) is 0 Å². The highest BCUT2D eigenvalue weighted by atomic mass is 79.9. The maximum Gasteiger partial charge on any atom is 0.269 e. The Bertz CT molecular complexity index is 1040. The van der Waals surface area contributed by atoms with Gasteiger partial charge in [0.05, 0.1) is 4.90 Å². The quantitative estimate of drug-likeness (QED) is 0.498. The summed E-state index contributed by atoms with van der Waals surface area (Å²) in [7, 11) is -0.913. The molecule has 160 valence electrons. The van der Waals surface area contributed by atoms with Crippen molar-refractivity contribution in [2.75, 3.05) is 20.6 Å². The van der Waals surface area contributed by atoms with E-state index in [0.717, 1.165) is 8.78 Å². The van der Waals surface area contributed by atoms with E-state index in [9.17, 15) is 22.8 Å². The number of carbonyl (C=O) groups excluding carboxylic acids is 3. The van der Waals surface area contributed by atoms with E-state index in [1.165, 1.54) is 38.4 Å². The summed E-state index contributed by atoms with van der Waals surface area (Å²) in [6, 6.07) is 12.2. The molecular weight excluding hydrogens is 476 g/mol. The maximum absolute atomic E-state index is 12.2. The molecule has 0 aliphatic rings. The lowest BCUT2D eigenvalue weighted by Gasteiger charge is -2.12. The monoisotopic (exact) mass is 496 g/mol. The van der Waals surface area contributed by atoms with Crippen LogP contribution in [0.15, 0.2) is 57.9 Å². The average Bonchev–Trinajstić information content (AvgIpc) is 2.72. The normalized spacial score (nSPS) is 11.1. The van der Waals surface area contributed by atoms with Crippen molar-refractivity contribution in [2.24, 2.45) is 0 Å². The molecule has 0 aromatic heterocycles. The standard InChI is InChI=1S/C19H21BrN4O5S/c1-24(2)30(28,29)16-5-3-4-14(12-16)19(27)23-22-17(25)10-11-21-18(26)13-6-8-15(20)9-7-13/h3-9,12H,10-11H2,1-2H3,(H,21,26)(H,22,25)(H,23,27). The van der Waals surface area contributed by atoms with Gasteiger partial charge in [-0.3, -0.25) is 25.2 Å². The first kappa shape index (κ1) is 23.5. The average molecular weight is 497 g/mol. The van der Waals surface area contributed by atoms with Crippen LogP contribution in [0.5, 0.6) is 0 Å². The van der Waals surface area contributed by atoms with Gasteiger partial charge in [0.25, 0.3) is 11.8 Å². The number of benzene rings is 2. The number of rotatable bonds is 7. The fourth-order valence-electron chi connectivity index (χ4n) is 2.26. The lowest BCUT2D eigenvalue weighted by Crippen LogP contribution is -2.42. The molecule has 2 aromatic carbocycles. The van der Waals surface area contributed by atoms with Gasteiger partial charge in [-0.25, -0.2) is 12.7 Å². The fraction of sp³-hybridized carbons (Fsp3) is 0.211. The van der Waals surface area contributed by atoms with Crippen molar-refractivity contribution >= 4 is 43.7 Å². The van der Waals surface area contributed by atoms with Crippen LogP contribution in [0.2, 0.25) is 0 Å². The van der Waals surface area contributed by atoms with E-state index in [1.54, 1.807) is 24.3 Å². The van der Waals surface area contributed by atoms with E-state index in [0.29, 0.717) is 5.56 Å². The topological polar surface area (TPSA) is 125 Å². The van der Waals surface area contributed by atoms with Gasteiger partial charge in [-0.05, 0) is 42.5 Å². The Morgan fingerprint density at radius 2 is 1.60 bits per heavy atom. The number of nitrogens with zero attached hydrogens (tertiary/aromatic N) is 1. The van der Waals surface area contributed by atoms with Gasteiger partial charge in [-0.2, -0.15) is 0 Å². The molecule has 0 bridgehead atoms. The summed E-state index contributed by atoms with van der Waals surface area (Å²) >= 11 is 3.28. The van der Waals surface area contributed by atoms with Crippen LogP contribution in [0.3, 0.4) is 0 Å². The van der Waals surface area contributed by atoms with Gasteiger partial charge in [0.1, 0.15) is 0 Å². The summed E-state index contributed by atoms with van der Waals surface area (Å²) in [6.45, 7) is 0.0766. The summed E-state index contributed by atoms with van der Waals surface area (Å²) in [5.41, 5.74) is 4.97. The van der Waals surface area contributed by atoms with Crippen molar-refractivity contribution in [3.8, 4) is 0 Å². The minimum Gasteiger partial charge on any atom is -0.352 e. The largest absolute Gasteiger partial charge is 0.352 e. The SMILES string of the molecule is CN(C)S(=O)(=O)c1cccc(C(=O)NNC(=O)CCNC(=O)c2ccc(Br)cc2)c1. The van der Waals surface area contributed by atoms with Gasteiger partial charge in [0.15, 0.2) is 0 Å². The third-order valence-corrected chi connectivity index (χ3v) is 6.27. The zero-order chi connectivity index (χ0) is 22.3. The van der Waals surface area contributed by atoms with Gasteiger partial charge in [-0.15, -0.1) is 0 Å². The molecular formula is C19H21BrN4O5S. The molecule has 2 aromatic rings. The van der Waals surface area contributed by atoms with E-state index in [4.69, 9.17) is 0 Å². The van der Waals surface area contributed by atoms with Crippen LogP contribution in [0, 0.1) is 0 Å². The van der Waals surface area contributed by atoms with Crippen LogP contribution in [-0.4, -0.2) is 51.1 Å². The first-order valence-corrected chi connectivity index (χ1v) is 11.0. The Labute approximate surface area is 183 Å². The molecule has 0 fully saturated rings. The third-order valence-electron chi connectivity index (χ3n) is 3.93. The molecule has 0 aliphatic carbocycles. The lowest BCUT2D eigenvalue weighted by atomic mass is 10.2. The van der Waals surface area contributed by atoms with Gasteiger partial charge in [-0.1, -0.05) is 22.0 Å². The Morgan fingerprint density at radius 3 is 2.23 bits per heavy atom. The fourth-order valence-corrected chi connectivity index (χ4v) is 3.48. The lowest BCUT2D eigenvalue weighted by molar-refractivity contribution is -0.121. The van der Waals surface area contributed by atoms with Crippen LogP contribution in [0.1, 0.15) is 27.1 Å². The molecule has 0 heterocycles. The highest BCUT2D eigenvalue weighted by molar-refractivity contribution is 9.10. The van der Waals surface area contributed by atoms with Crippen LogP contribution >= 0.6 is 15.9 Å². The number of halogens is 1. The zero-order valence-corrected chi connectivity index (χ0v) is 18.7. The molecule has 30 heavy (non-hydrogen) atoms. The van der Waals surface area contributed by atoms with Crippen LogP contribution in [-0.2, 0) is 14.8 Å². The second-order valence-corrected chi connectivity index (χ2v) is 9.40. The van der Waals surface area contributed by atoms with Crippen molar-refractivity contribution < 1.29 is 22.8 Å². The smallest absolute Gasteiger partial charge is 0.269 e. The van der Waals surface area contributed by atoms with E-state index in [1.807, 2.05) is 0 Å². The predicted octanol–water partition coefficient (Wildman–Crippen LogP) is 1.28. The Kier molecular flexibility index (Phi) is 8.09. The first-order valence-electron chi connectivity index (χ1n) is 8.77. The van der Waals surface area contributed by atoms with Crippen molar-refractivity contribution in [1.29, 1.82) is 0 Å². The number of sulfonamides is 1. The Balaban J connectivity index is 1.83. The van der Waals surface area contributed by atoms with Crippen molar-refractivity contribution in [3.63, 3.8) is 0 Å². The highest BCUT2D eigenvalue weighted by Crippen LogP contribution is 2.14. The first-order chi connectivity index (χ1) is 14.1. The molecule has 0 unspecified atom stereocenters. The molecule has 3 N–H and O–H groups in total. The number of hydrazine groups is 1. The zero-order valence-electron chi connectivity index (χ0n) is 16.3. The molecule has 0 radical (unpaired) electrons. The van der Waals surface area contributed by atoms with Crippen molar-refractivity contribution in [3.05, 3.63) is 64.1 Å². The molecule has 0 aliphatic heterocycles. The molecule has 3 amide bonds. The van der Waals surface area contributed by atoms with Crippen LogP contribution < -0.4 is 16.2 Å². The second kappa shape index (κ2) is 10.3. The summed E-state index contributed by atoms with van der Waals surface area (Å²) in [6.07, 6.45) is -0.0579. The number of nitrogens with one attached hydrogen (secondary N) is 3. The number of hydrogen-bond donors (Lipinski definition) is 3. The maximum atomic E-state index is 12.2. The van der Waals surface area contributed by atoms with Crippen molar-refractivity contribution in [2.45, 2.75) is 11.3 Å². The van der Waals surface area contributed by atoms with Gasteiger partial charge >= 0.3 is 0 Å². The highest BCUT2D eigenvalue weighted by Gasteiger charge is 2.19. The van der Waals surface area contributed by atoms with E-state index >= 15 is 0 Å². The van der Waals surface area contributed by atoms with E-state index in [-0.39, 0.29) is 29.3 Å². The second-order valence-electron chi connectivity index (χ2n) is 6.33. The summed E-state index contributed by atoms with van der Waals surface area (Å²) in [4.78, 5) is 36.0. The van der Waals surface area contributed by atoms with Gasteiger partial charge in [0, 0.05) is 42.7 Å². The van der Waals surface area contributed by atoms with Gasteiger partial charge in [0.2, 0.25) is 15.9 Å². The molecule has 0 saturated heterocycles. The van der Waals surface area contributed by atoms with Crippen LogP contribution in [0.4, 0.5) is 0 Å². The van der Waals surface area contributed by atoms with E-state index < -0.39 is 21.8 Å². The third kappa shape index (κ3) is 6.37. The molecule has 0 atom stereocenters. The molecule has 9 nitrogen and oxygen atoms in total. The predicted molar refractivity (Wildman–Crippen MR) is 114 cm³/mol. The Morgan fingerprint density at radius 1 is 0.933 bits per heavy atom. The number of carbonyl (C=O) groups is 3. The summed E-state index contributed by atoms with van der Waals surface area (Å²) in [5.74, 6) is -1.51. The molecule has 11 heteroatoms. The molecule has 0 spiro atoms. The molecule has 2 rings (SSSR count). The van der Waals surface area contributed by atoms with Gasteiger partial charge < -0.3 is 5.32 Å². The van der Waals surface area contributed by atoms with Crippen molar-refractivity contribution in [1.82, 2.24) is 20.5 Å². The number of hydrogen-bond acceptors (Lipinski definition) is 5. The summed E-state index contributed by atoms with van der Waals surface area (Å²) < 4.78 is 26.2.